The van der Waals surface area contributed by atoms with Crippen LogP contribution in [0.1, 0.15) is 149 Å². The molecule has 0 bridgehead atoms. The van der Waals surface area contributed by atoms with E-state index in [0.29, 0.717) is 19.3 Å². The molecular weight excluding hydrogens is 814 g/mol. The van der Waals surface area contributed by atoms with Gasteiger partial charge in [-0.3, -0.25) is 23.2 Å². The van der Waals surface area contributed by atoms with Crippen molar-refractivity contribution in [2.24, 2.45) is 0 Å². The molecule has 0 radical (unpaired) electrons. The lowest BCUT2D eigenvalue weighted by atomic mass is 10.1. The number of allylic oxidation sites excluding steroid dienone is 10. The van der Waals surface area contributed by atoms with Crippen LogP contribution in [0.2, 0.25) is 0 Å². The van der Waals surface area contributed by atoms with Gasteiger partial charge in [0.25, 0.3) is 0 Å². The third-order valence-corrected chi connectivity index (χ3v) is 10.1. The molecule has 346 valence electrons. The van der Waals surface area contributed by atoms with Gasteiger partial charge in [-0.2, -0.15) is 0 Å². The Balaban J connectivity index is 4.64. The van der Waals surface area contributed by atoms with Crippen LogP contribution in [-0.2, 0) is 41.8 Å². The van der Waals surface area contributed by atoms with E-state index in [2.05, 4.69) is 58.5 Å². The maximum atomic E-state index is 12.7. The highest BCUT2D eigenvalue weighted by Crippen LogP contribution is 2.43. The van der Waals surface area contributed by atoms with Gasteiger partial charge in [0.2, 0.25) is 0 Å². The van der Waals surface area contributed by atoms with Crippen molar-refractivity contribution in [3.8, 4) is 0 Å². The van der Waals surface area contributed by atoms with Gasteiger partial charge in [-0.1, -0.05) is 132 Å². The molecule has 4 atom stereocenters. The van der Waals surface area contributed by atoms with Crippen LogP contribution >= 0.6 is 15.6 Å². The summed E-state index contributed by atoms with van der Waals surface area (Å²) < 4.78 is 47.7. The van der Waals surface area contributed by atoms with Gasteiger partial charge >= 0.3 is 27.6 Å². The van der Waals surface area contributed by atoms with E-state index in [-0.39, 0.29) is 12.8 Å². The number of carbonyl (C=O) groups is 2. The number of hydrogen-bond donors (Lipinski definition) is 5. The number of unbranched alkanes of at least 4 members (excludes halogenated alkanes) is 12. The Morgan fingerprint density at radius 3 is 1.72 bits per heavy atom. The Labute approximate surface area is 359 Å². The summed E-state index contributed by atoms with van der Waals surface area (Å²) in [6.07, 6.45) is 39.3. The molecule has 0 aliphatic heterocycles. The molecule has 60 heavy (non-hydrogen) atoms. The van der Waals surface area contributed by atoms with Crippen LogP contribution < -0.4 is 0 Å². The minimum atomic E-state index is -4.88. The summed E-state index contributed by atoms with van der Waals surface area (Å²) in [5, 5.41) is 19.6. The molecule has 0 saturated heterocycles. The molecule has 0 aromatic carbocycles. The van der Waals surface area contributed by atoms with Gasteiger partial charge < -0.3 is 34.4 Å². The molecule has 0 aliphatic carbocycles. The molecular formula is C44H76O14P2. The van der Waals surface area contributed by atoms with Crippen molar-refractivity contribution >= 4 is 27.6 Å². The Bertz CT molecular complexity index is 1350. The van der Waals surface area contributed by atoms with E-state index in [0.717, 1.165) is 83.5 Å². The standard InChI is InChI=1S/C44H76O14P2/c1-3-5-7-8-9-10-11-12-13-14-15-16-17-20-24-27-31-35-44(48)58-42(39-57-60(52,53)56-37-41(46)36-55-59(49,50)51)38-54-43(47)34-30-26-23-21-18-19-22-25-29-33-40(45)32-28-6-4-2/h6,9-10,12-13,15-16,22,25,28-29,33,40-42,45-46H,3-5,7-8,11,14,17-21,23-24,26-27,30-32,34-39H2,1-2H3,(H,52,53)(H2,49,50,51)/b10-9-,13-12-,16-15-,25-22+,28-6+,33-29+/t40?,41-,42+/m0/s1. The largest absolute Gasteiger partial charge is 0.472 e. The lowest BCUT2D eigenvalue weighted by Crippen LogP contribution is -2.30. The fourth-order valence-corrected chi connectivity index (χ4v) is 6.49. The second-order valence-corrected chi connectivity index (χ2v) is 17.1. The maximum Gasteiger partial charge on any atom is 0.472 e. The van der Waals surface area contributed by atoms with Crippen molar-refractivity contribution in [2.45, 2.75) is 167 Å². The number of ether oxygens (including phenoxy) is 2. The second kappa shape index (κ2) is 39.4. The third-order valence-electron chi connectivity index (χ3n) is 8.65. The summed E-state index contributed by atoms with van der Waals surface area (Å²) in [7, 11) is -9.71. The second-order valence-electron chi connectivity index (χ2n) is 14.4. The number of aliphatic hydroxyl groups excluding tert-OH is 2. The highest BCUT2D eigenvalue weighted by Gasteiger charge is 2.28. The average Bonchev–Trinajstić information content (AvgIpc) is 3.20. The van der Waals surface area contributed by atoms with Crippen molar-refractivity contribution in [3.63, 3.8) is 0 Å². The summed E-state index contributed by atoms with van der Waals surface area (Å²) in [6.45, 7) is 1.44. The summed E-state index contributed by atoms with van der Waals surface area (Å²) in [5.74, 6) is -1.12. The molecule has 0 aromatic rings. The molecule has 0 heterocycles. The maximum absolute atomic E-state index is 12.7. The summed E-state index contributed by atoms with van der Waals surface area (Å²) in [5.41, 5.74) is 0. The predicted octanol–water partition coefficient (Wildman–Crippen LogP) is 9.98. The molecule has 0 rings (SSSR count). The van der Waals surface area contributed by atoms with Gasteiger partial charge in [-0.15, -0.1) is 0 Å². The molecule has 0 saturated carbocycles. The number of rotatable bonds is 40. The third kappa shape index (κ3) is 42.2. The van der Waals surface area contributed by atoms with E-state index in [1.807, 2.05) is 31.2 Å². The molecule has 0 fully saturated rings. The van der Waals surface area contributed by atoms with Gasteiger partial charge in [-0.25, -0.2) is 9.13 Å². The van der Waals surface area contributed by atoms with Crippen LogP contribution in [-0.4, -0.2) is 81.6 Å². The van der Waals surface area contributed by atoms with E-state index >= 15 is 0 Å². The summed E-state index contributed by atoms with van der Waals surface area (Å²) in [4.78, 5) is 52.7. The van der Waals surface area contributed by atoms with Crippen LogP contribution in [0.25, 0.3) is 0 Å². The number of aliphatic hydroxyl groups is 2. The van der Waals surface area contributed by atoms with E-state index in [4.69, 9.17) is 23.8 Å². The minimum Gasteiger partial charge on any atom is -0.462 e. The summed E-state index contributed by atoms with van der Waals surface area (Å²) in [6, 6.07) is 0. The van der Waals surface area contributed by atoms with Crippen LogP contribution in [0.3, 0.4) is 0 Å². The zero-order valence-electron chi connectivity index (χ0n) is 36.1. The number of hydrogen-bond acceptors (Lipinski definition) is 11. The fourth-order valence-electron chi connectivity index (χ4n) is 5.33. The van der Waals surface area contributed by atoms with Crippen molar-refractivity contribution in [1.82, 2.24) is 0 Å². The van der Waals surface area contributed by atoms with Crippen LogP contribution in [0.5, 0.6) is 0 Å². The first-order valence-electron chi connectivity index (χ1n) is 21.7. The number of esters is 2. The van der Waals surface area contributed by atoms with Gasteiger partial charge in [0, 0.05) is 12.8 Å². The topological polar surface area (TPSA) is 216 Å². The fraction of sp³-hybridized carbons (Fsp3) is 0.682. The normalized spacial score (nSPS) is 15.2. The number of carbonyl (C=O) groups excluding carboxylic acids is 2. The van der Waals surface area contributed by atoms with Crippen LogP contribution in [0.15, 0.2) is 72.9 Å². The molecule has 5 N–H and O–H groups in total. The predicted molar refractivity (Wildman–Crippen MR) is 236 cm³/mol. The first-order chi connectivity index (χ1) is 28.8. The first kappa shape index (κ1) is 57.5. The molecule has 2 unspecified atom stereocenters. The number of phosphoric ester groups is 2. The molecule has 0 aromatic heterocycles. The smallest absolute Gasteiger partial charge is 0.462 e. The van der Waals surface area contributed by atoms with Crippen molar-refractivity contribution < 1.29 is 66.7 Å². The Hall–Kier alpha value is -2.48. The van der Waals surface area contributed by atoms with Gasteiger partial charge in [-0.05, 0) is 77.0 Å². The minimum absolute atomic E-state index is 0.0870. The summed E-state index contributed by atoms with van der Waals surface area (Å²) >= 11 is 0. The lowest BCUT2D eigenvalue weighted by molar-refractivity contribution is -0.161. The molecule has 14 nitrogen and oxygen atoms in total. The highest BCUT2D eigenvalue weighted by molar-refractivity contribution is 7.47. The van der Waals surface area contributed by atoms with E-state index in [1.54, 1.807) is 6.08 Å². The molecule has 16 heteroatoms. The van der Waals surface area contributed by atoms with Crippen LogP contribution in [0.4, 0.5) is 0 Å². The zero-order valence-corrected chi connectivity index (χ0v) is 37.9. The Kier molecular flexibility index (Phi) is 37.7. The van der Waals surface area contributed by atoms with E-state index in [1.165, 1.54) is 19.3 Å². The SMILES string of the molecule is CC/C=C/CC(O)/C=C/C=C/CCCCCCCC(=O)OC[C@H](COP(=O)(O)OC[C@@H](O)COP(=O)(O)O)OC(=O)CCCCCC/C=C\C/C=C\C/C=C\CCCCC. The van der Waals surface area contributed by atoms with E-state index < -0.39 is 72.3 Å². The highest BCUT2D eigenvalue weighted by atomic mass is 31.2. The molecule has 0 aliphatic rings. The van der Waals surface area contributed by atoms with Gasteiger partial charge in [0.15, 0.2) is 6.10 Å². The quantitative estimate of drug-likeness (QED) is 0.0127. The molecule has 0 spiro atoms. The number of phosphoric acid groups is 2. The lowest BCUT2D eigenvalue weighted by Gasteiger charge is -2.20. The van der Waals surface area contributed by atoms with Crippen molar-refractivity contribution in [2.75, 3.05) is 26.4 Å². The van der Waals surface area contributed by atoms with Crippen LogP contribution in [0, 0.1) is 0 Å². The Morgan fingerprint density at radius 1 is 0.567 bits per heavy atom. The monoisotopic (exact) mass is 890 g/mol. The van der Waals surface area contributed by atoms with Crippen molar-refractivity contribution in [1.29, 1.82) is 0 Å². The van der Waals surface area contributed by atoms with Gasteiger partial charge in [0.05, 0.1) is 25.9 Å². The average molecular weight is 891 g/mol. The first-order valence-corrected chi connectivity index (χ1v) is 24.8. The molecule has 0 amide bonds. The Morgan fingerprint density at radius 2 is 1.10 bits per heavy atom. The van der Waals surface area contributed by atoms with E-state index in [9.17, 15) is 33.8 Å². The zero-order chi connectivity index (χ0) is 44.6. The van der Waals surface area contributed by atoms with Crippen molar-refractivity contribution in [3.05, 3.63) is 72.9 Å². The van der Waals surface area contributed by atoms with Gasteiger partial charge in [0.1, 0.15) is 12.7 Å².